The topological polar surface area (TPSA) is 29.0 Å². The number of benzene rings is 8. The van der Waals surface area contributed by atoms with Gasteiger partial charge >= 0.3 is 0 Å². The predicted octanol–water partition coefficient (Wildman–Crippen LogP) is 13.4. The normalized spacial score (nSPS) is 11.0. The average molecular weight is 678 g/mol. The quantitative estimate of drug-likeness (QED) is 0.160. The van der Waals surface area contributed by atoms with Crippen molar-refractivity contribution in [2.75, 3.05) is 4.90 Å². The minimum absolute atomic E-state index is 0.838. The Balaban J connectivity index is 1.28. The number of hydrogen-bond acceptors (Lipinski definition) is 3. The molecule has 250 valence electrons. The van der Waals surface area contributed by atoms with Crippen molar-refractivity contribution in [2.45, 2.75) is 0 Å². The molecule has 53 heavy (non-hydrogen) atoms. The molecule has 1 aromatic heterocycles. The summed E-state index contributed by atoms with van der Waals surface area (Å²) in [5.41, 5.74) is 15.3. The summed E-state index contributed by atoms with van der Waals surface area (Å²) in [4.78, 5) is 13.5. The smallest absolute Gasteiger partial charge is 0.0979 e. The van der Waals surface area contributed by atoms with Crippen LogP contribution in [0.4, 0.5) is 17.1 Å². The molecule has 0 amide bonds. The fraction of sp³-hybridized carbons (Fsp3) is 0. The van der Waals surface area contributed by atoms with Gasteiger partial charge in [-0.1, -0.05) is 176 Å². The summed E-state index contributed by atoms with van der Waals surface area (Å²) in [6.07, 6.45) is 0. The van der Waals surface area contributed by atoms with Crippen molar-refractivity contribution < 1.29 is 0 Å². The molecule has 0 spiro atoms. The van der Waals surface area contributed by atoms with E-state index in [1.54, 1.807) is 0 Å². The molecule has 0 radical (unpaired) electrons. The van der Waals surface area contributed by atoms with Crippen LogP contribution in [-0.4, -0.2) is 9.97 Å². The second kappa shape index (κ2) is 14.3. The summed E-state index contributed by atoms with van der Waals surface area (Å²) in [5.74, 6) is 0. The van der Waals surface area contributed by atoms with Crippen LogP contribution in [0.25, 0.3) is 66.9 Å². The number of aromatic nitrogens is 2. The molecular weight excluding hydrogens is 643 g/mol. The Morgan fingerprint density at radius 1 is 0.245 bits per heavy atom. The molecule has 3 nitrogen and oxygen atoms in total. The molecule has 0 bridgehead atoms. The second-order valence-corrected chi connectivity index (χ2v) is 13.0. The Labute approximate surface area is 310 Å². The number of para-hydroxylation sites is 2. The lowest BCUT2D eigenvalue weighted by molar-refractivity contribution is 1.27. The highest BCUT2D eigenvalue weighted by atomic mass is 15.1. The van der Waals surface area contributed by atoms with Crippen molar-refractivity contribution in [3.63, 3.8) is 0 Å². The zero-order chi connectivity index (χ0) is 35.4. The molecule has 9 rings (SSSR count). The van der Waals surface area contributed by atoms with E-state index in [9.17, 15) is 0 Å². The summed E-state index contributed by atoms with van der Waals surface area (Å²) >= 11 is 0. The maximum absolute atomic E-state index is 5.63. The summed E-state index contributed by atoms with van der Waals surface area (Å²) in [7, 11) is 0. The first-order valence-electron chi connectivity index (χ1n) is 17.9. The van der Waals surface area contributed by atoms with Crippen molar-refractivity contribution in [1.29, 1.82) is 0 Å². The number of hydrogen-bond donors (Lipinski definition) is 0. The van der Waals surface area contributed by atoms with Crippen LogP contribution < -0.4 is 4.90 Å². The van der Waals surface area contributed by atoms with E-state index in [1.165, 1.54) is 0 Å². The first-order chi connectivity index (χ1) is 26.3. The lowest BCUT2D eigenvalue weighted by Gasteiger charge is -2.25. The van der Waals surface area contributed by atoms with Crippen molar-refractivity contribution in [3.8, 4) is 55.9 Å². The largest absolute Gasteiger partial charge is 0.311 e. The standard InChI is InChI=1S/C50H35N3/c1-6-18-36(19-7-1)43-28-16-17-29-45(43)46-35-34-44(37-20-8-2-9-21-37)49-50(46)52-48(47(51-49)38-22-10-3-11-23-38)39-30-32-42(33-31-39)53(40-24-12-4-13-25-40)41-26-14-5-15-27-41/h1-35H. The van der Waals surface area contributed by atoms with Gasteiger partial charge in [-0.25, -0.2) is 9.97 Å². The van der Waals surface area contributed by atoms with Gasteiger partial charge in [-0.05, 0) is 58.7 Å². The van der Waals surface area contributed by atoms with Crippen LogP contribution in [0.15, 0.2) is 212 Å². The van der Waals surface area contributed by atoms with E-state index in [0.717, 1.165) is 84.0 Å². The SMILES string of the molecule is c1ccc(-c2ccccc2-c2ccc(-c3ccccc3)c3nc(-c4ccccc4)c(-c4ccc(N(c5ccccc5)c5ccccc5)cc4)nc23)cc1. The molecule has 0 aliphatic carbocycles. The summed E-state index contributed by atoms with van der Waals surface area (Å²) in [6, 6.07) is 74.2. The van der Waals surface area contributed by atoms with Gasteiger partial charge in [0.05, 0.1) is 22.4 Å². The van der Waals surface area contributed by atoms with Gasteiger partial charge in [0.1, 0.15) is 0 Å². The molecule has 0 saturated heterocycles. The first kappa shape index (κ1) is 31.9. The van der Waals surface area contributed by atoms with Gasteiger partial charge in [0.2, 0.25) is 0 Å². The predicted molar refractivity (Wildman–Crippen MR) is 221 cm³/mol. The third kappa shape index (κ3) is 6.26. The van der Waals surface area contributed by atoms with Crippen LogP contribution in [0.3, 0.4) is 0 Å². The highest BCUT2D eigenvalue weighted by molar-refractivity contribution is 6.05. The maximum Gasteiger partial charge on any atom is 0.0979 e. The Kier molecular flexibility index (Phi) is 8.57. The van der Waals surface area contributed by atoms with Crippen LogP contribution in [-0.2, 0) is 0 Å². The van der Waals surface area contributed by atoms with Crippen molar-refractivity contribution in [2.24, 2.45) is 0 Å². The van der Waals surface area contributed by atoms with Crippen molar-refractivity contribution >= 4 is 28.1 Å². The van der Waals surface area contributed by atoms with Crippen molar-refractivity contribution in [1.82, 2.24) is 9.97 Å². The molecule has 0 saturated carbocycles. The number of fused-ring (bicyclic) bond motifs is 1. The van der Waals surface area contributed by atoms with Crippen LogP contribution in [0.5, 0.6) is 0 Å². The zero-order valence-corrected chi connectivity index (χ0v) is 29.0. The van der Waals surface area contributed by atoms with Gasteiger partial charge in [0.15, 0.2) is 0 Å². The Morgan fingerprint density at radius 3 is 1.13 bits per heavy atom. The van der Waals surface area contributed by atoms with Gasteiger partial charge in [0, 0.05) is 39.3 Å². The molecule has 0 N–H and O–H groups in total. The summed E-state index contributed by atoms with van der Waals surface area (Å²) < 4.78 is 0. The number of nitrogens with zero attached hydrogens (tertiary/aromatic N) is 3. The Morgan fingerprint density at radius 2 is 0.604 bits per heavy atom. The van der Waals surface area contributed by atoms with Crippen molar-refractivity contribution in [3.05, 3.63) is 212 Å². The molecule has 9 aromatic rings. The van der Waals surface area contributed by atoms with E-state index in [0.29, 0.717) is 0 Å². The van der Waals surface area contributed by atoms with E-state index >= 15 is 0 Å². The molecule has 8 aromatic carbocycles. The van der Waals surface area contributed by atoms with Crippen LogP contribution >= 0.6 is 0 Å². The molecule has 0 atom stereocenters. The van der Waals surface area contributed by atoms with Gasteiger partial charge in [-0.3, -0.25) is 0 Å². The lowest BCUT2D eigenvalue weighted by Crippen LogP contribution is -2.09. The Bertz CT molecular complexity index is 2580. The number of anilines is 3. The first-order valence-corrected chi connectivity index (χ1v) is 17.9. The van der Waals surface area contributed by atoms with Gasteiger partial charge < -0.3 is 4.90 Å². The lowest BCUT2D eigenvalue weighted by atomic mass is 9.91. The van der Waals surface area contributed by atoms with Crippen LogP contribution in [0, 0.1) is 0 Å². The molecule has 1 heterocycles. The van der Waals surface area contributed by atoms with Crippen LogP contribution in [0.2, 0.25) is 0 Å². The van der Waals surface area contributed by atoms with E-state index in [4.69, 9.17) is 9.97 Å². The fourth-order valence-corrected chi connectivity index (χ4v) is 7.16. The monoisotopic (exact) mass is 677 g/mol. The van der Waals surface area contributed by atoms with Gasteiger partial charge in [0.25, 0.3) is 0 Å². The molecule has 0 aliphatic rings. The average Bonchev–Trinajstić information content (AvgIpc) is 3.25. The highest BCUT2D eigenvalue weighted by Gasteiger charge is 2.21. The minimum atomic E-state index is 0.838. The number of rotatable bonds is 8. The van der Waals surface area contributed by atoms with Crippen LogP contribution in [0.1, 0.15) is 0 Å². The third-order valence-corrected chi connectivity index (χ3v) is 9.68. The summed E-state index contributed by atoms with van der Waals surface area (Å²) in [6.45, 7) is 0. The molecule has 3 heteroatoms. The summed E-state index contributed by atoms with van der Waals surface area (Å²) in [5, 5.41) is 0. The van der Waals surface area contributed by atoms with E-state index in [2.05, 4.69) is 211 Å². The van der Waals surface area contributed by atoms with E-state index < -0.39 is 0 Å². The zero-order valence-electron chi connectivity index (χ0n) is 29.0. The van der Waals surface area contributed by atoms with E-state index in [-0.39, 0.29) is 0 Å². The highest BCUT2D eigenvalue weighted by Crippen LogP contribution is 2.42. The second-order valence-electron chi connectivity index (χ2n) is 13.0. The molecular formula is C50H35N3. The molecule has 0 aliphatic heterocycles. The fourth-order valence-electron chi connectivity index (χ4n) is 7.16. The Hall–Kier alpha value is -7.10. The molecule has 0 unspecified atom stereocenters. The maximum atomic E-state index is 5.63. The minimum Gasteiger partial charge on any atom is -0.311 e. The van der Waals surface area contributed by atoms with E-state index in [1.807, 2.05) is 6.07 Å². The van der Waals surface area contributed by atoms with Gasteiger partial charge in [-0.15, -0.1) is 0 Å². The van der Waals surface area contributed by atoms with Gasteiger partial charge in [-0.2, -0.15) is 0 Å². The third-order valence-electron chi connectivity index (χ3n) is 9.68. The molecule has 0 fully saturated rings.